The number of nitrogens with zero attached hydrogens (tertiary/aromatic N) is 2. The predicted molar refractivity (Wildman–Crippen MR) is 89.4 cm³/mol. The van der Waals surface area contributed by atoms with Crippen LogP contribution in [0.5, 0.6) is 0 Å². The molecule has 3 fully saturated rings. The van der Waals surface area contributed by atoms with Crippen molar-refractivity contribution in [3.8, 4) is 0 Å². The lowest BCUT2D eigenvalue weighted by Gasteiger charge is -2.36. The van der Waals surface area contributed by atoms with Crippen LogP contribution in [0, 0.1) is 5.92 Å². The molecule has 0 unspecified atom stereocenters. The van der Waals surface area contributed by atoms with Crippen LogP contribution in [0.4, 0.5) is 28.2 Å². The number of rotatable bonds is 5. The van der Waals surface area contributed by atoms with Gasteiger partial charge in [-0.3, -0.25) is 10.00 Å². The van der Waals surface area contributed by atoms with E-state index in [9.17, 15) is 22.4 Å². The second kappa shape index (κ2) is 6.38. The molecule has 0 saturated heterocycles. The number of hydrogen-bond acceptors (Lipinski definition) is 3. The zero-order valence-corrected chi connectivity index (χ0v) is 15.1. The largest absolute Gasteiger partial charge is 0.449 e. The summed E-state index contributed by atoms with van der Waals surface area (Å²) in [7, 11) is 1.66. The van der Waals surface area contributed by atoms with Crippen molar-refractivity contribution < 1.29 is 27.1 Å². The molecule has 0 aromatic carbocycles. The molecule has 0 bridgehead atoms. The molecule has 1 N–H and O–H groups in total. The van der Waals surface area contributed by atoms with Crippen LogP contribution in [0.1, 0.15) is 68.0 Å². The van der Waals surface area contributed by atoms with Crippen molar-refractivity contribution >= 4 is 11.9 Å². The predicted octanol–water partition coefficient (Wildman–Crippen LogP) is 4.79. The first-order valence-corrected chi connectivity index (χ1v) is 9.40. The summed E-state index contributed by atoms with van der Waals surface area (Å²) in [5, 5.41) is 7.07. The fraction of sp³-hybridized carbons (Fsp3) is 0.778. The quantitative estimate of drug-likeness (QED) is 0.737. The van der Waals surface area contributed by atoms with Gasteiger partial charge in [0.15, 0.2) is 0 Å². The molecule has 1 heterocycles. The Morgan fingerprint density at radius 1 is 1.15 bits per heavy atom. The number of aromatic nitrogens is 2. The topological polar surface area (TPSA) is 56.2 Å². The molecule has 5 nitrogen and oxygen atoms in total. The third-order valence-electron chi connectivity index (χ3n) is 5.95. The van der Waals surface area contributed by atoms with Crippen LogP contribution in [0.2, 0.25) is 0 Å². The number of carbonyl (C=O) groups excluding carboxylic acids is 1. The normalized spacial score (nSPS) is 24.6. The highest BCUT2D eigenvalue weighted by Crippen LogP contribution is 2.52. The van der Waals surface area contributed by atoms with E-state index in [0.717, 1.165) is 24.8 Å². The van der Waals surface area contributed by atoms with Crippen molar-refractivity contribution in [3.63, 3.8) is 0 Å². The van der Waals surface area contributed by atoms with Crippen molar-refractivity contribution in [2.24, 2.45) is 13.0 Å². The van der Waals surface area contributed by atoms with Gasteiger partial charge in [0.2, 0.25) is 11.8 Å². The summed E-state index contributed by atoms with van der Waals surface area (Å²) < 4.78 is 58.9. The number of nitrogens with one attached hydrogen (secondary N) is 1. The summed E-state index contributed by atoms with van der Waals surface area (Å²) in [6.45, 7) is -0.0558. The van der Waals surface area contributed by atoms with Gasteiger partial charge in [-0.15, -0.1) is 0 Å². The molecule has 0 spiro atoms. The summed E-state index contributed by atoms with van der Waals surface area (Å²) in [5.41, 5.74) is 1.47. The second-order valence-electron chi connectivity index (χ2n) is 8.21. The third kappa shape index (κ3) is 3.65. The van der Waals surface area contributed by atoms with Crippen LogP contribution in [0.25, 0.3) is 0 Å². The highest BCUT2D eigenvalue weighted by molar-refractivity contribution is 5.85. The monoisotopic (exact) mass is 389 g/mol. The van der Waals surface area contributed by atoms with E-state index in [1.54, 1.807) is 7.05 Å². The first kappa shape index (κ1) is 18.6. The summed E-state index contributed by atoms with van der Waals surface area (Å²) >= 11 is 0. The summed E-state index contributed by atoms with van der Waals surface area (Å²) in [6, 6.07) is 0. The first-order chi connectivity index (χ1) is 12.6. The lowest BCUT2D eigenvalue weighted by Crippen LogP contribution is -2.38. The Labute approximate surface area is 154 Å². The second-order valence-corrected chi connectivity index (χ2v) is 8.21. The number of amides is 1. The Balaban J connectivity index is 1.44. The maximum absolute atomic E-state index is 13.3. The molecular weight excluding hydrogens is 366 g/mol. The Morgan fingerprint density at radius 2 is 1.78 bits per heavy atom. The van der Waals surface area contributed by atoms with Crippen LogP contribution in [-0.2, 0) is 11.8 Å². The number of halogens is 4. The zero-order valence-electron chi connectivity index (χ0n) is 15.1. The van der Waals surface area contributed by atoms with Crippen LogP contribution < -0.4 is 5.32 Å². The molecule has 3 saturated carbocycles. The molecule has 3 aliphatic carbocycles. The summed E-state index contributed by atoms with van der Waals surface area (Å²) in [6.07, 6.45) is 1.23. The molecule has 0 atom stereocenters. The Morgan fingerprint density at radius 3 is 2.30 bits per heavy atom. The van der Waals surface area contributed by atoms with Crippen LogP contribution >= 0.6 is 0 Å². The number of ether oxygens (including phenoxy) is 1. The number of alkyl halides is 4. The van der Waals surface area contributed by atoms with Crippen molar-refractivity contribution in [3.05, 3.63) is 11.3 Å². The minimum Gasteiger partial charge on any atom is -0.449 e. The lowest BCUT2D eigenvalue weighted by atomic mass is 9.73. The molecule has 4 rings (SSSR count). The van der Waals surface area contributed by atoms with Gasteiger partial charge in [-0.05, 0) is 18.8 Å². The van der Waals surface area contributed by atoms with Gasteiger partial charge in [-0.1, -0.05) is 6.42 Å². The Hall–Kier alpha value is -1.80. The van der Waals surface area contributed by atoms with Crippen LogP contribution in [0.15, 0.2) is 0 Å². The summed E-state index contributed by atoms with van der Waals surface area (Å²) in [4.78, 5) is 12.1. The van der Waals surface area contributed by atoms with E-state index in [0.29, 0.717) is 11.5 Å². The van der Waals surface area contributed by atoms with E-state index >= 15 is 0 Å². The van der Waals surface area contributed by atoms with E-state index in [2.05, 4.69) is 10.4 Å². The third-order valence-corrected chi connectivity index (χ3v) is 5.95. The first-order valence-electron chi connectivity index (χ1n) is 9.40. The number of aryl methyl sites for hydroxylation is 1. The SMILES string of the molecule is Cn1nc(C2CC(F)(F)C2)c(C2CCC2)c1NC(=O)OCC1CC(F)(F)C1. The molecule has 27 heavy (non-hydrogen) atoms. The zero-order chi connectivity index (χ0) is 19.4. The number of anilines is 1. The van der Waals surface area contributed by atoms with Crippen molar-refractivity contribution in [1.82, 2.24) is 9.78 Å². The van der Waals surface area contributed by atoms with Gasteiger partial charge in [0.25, 0.3) is 0 Å². The van der Waals surface area contributed by atoms with Crippen molar-refractivity contribution in [1.29, 1.82) is 0 Å². The van der Waals surface area contributed by atoms with E-state index in [1.165, 1.54) is 4.68 Å². The molecule has 1 aromatic rings. The van der Waals surface area contributed by atoms with Gasteiger partial charge in [0, 0.05) is 50.1 Å². The fourth-order valence-electron chi connectivity index (χ4n) is 4.19. The Bertz CT molecular complexity index is 729. The van der Waals surface area contributed by atoms with Gasteiger partial charge < -0.3 is 4.74 Å². The molecule has 0 aliphatic heterocycles. The minimum atomic E-state index is -2.65. The van der Waals surface area contributed by atoms with Crippen LogP contribution in [-0.4, -0.2) is 34.3 Å². The average Bonchev–Trinajstić information content (AvgIpc) is 2.76. The molecule has 0 radical (unpaired) electrons. The van der Waals surface area contributed by atoms with E-state index in [4.69, 9.17) is 4.74 Å². The lowest BCUT2D eigenvalue weighted by molar-refractivity contribution is -0.121. The average molecular weight is 389 g/mol. The van der Waals surface area contributed by atoms with E-state index in [-0.39, 0.29) is 50.0 Å². The highest BCUT2D eigenvalue weighted by Gasteiger charge is 2.49. The van der Waals surface area contributed by atoms with Gasteiger partial charge in [-0.2, -0.15) is 5.10 Å². The maximum Gasteiger partial charge on any atom is 0.412 e. The molecule has 1 aromatic heterocycles. The molecule has 9 heteroatoms. The highest BCUT2D eigenvalue weighted by atomic mass is 19.3. The molecule has 3 aliphatic rings. The van der Waals surface area contributed by atoms with Gasteiger partial charge >= 0.3 is 6.09 Å². The molecular formula is C18H23F4N3O2. The van der Waals surface area contributed by atoms with Crippen molar-refractivity contribution in [2.75, 3.05) is 11.9 Å². The number of carbonyl (C=O) groups is 1. The van der Waals surface area contributed by atoms with E-state index in [1.807, 2.05) is 0 Å². The Kier molecular flexibility index (Phi) is 4.38. The van der Waals surface area contributed by atoms with Gasteiger partial charge in [0.1, 0.15) is 5.82 Å². The maximum atomic E-state index is 13.3. The smallest absolute Gasteiger partial charge is 0.412 e. The van der Waals surface area contributed by atoms with Crippen LogP contribution in [0.3, 0.4) is 0 Å². The molecule has 1 amide bonds. The van der Waals surface area contributed by atoms with Gasteiger partial charge in [-0.25, -0.2) is 22.4 Å². The van der Waals surface area contributed by atoms with E-state index < -0.39 is 17.9 Å². The minimum absolute atomic E-state index is 0.0558. The fourth-order valence-corrected chi connectivity index (χ4v) is 4.19. The standard InChI is InChI=1S/C18H23F4N3O2/c1-25-15(23-16(26)27-9-10-5-17(19,20)6-10)13(11-3-2-4-11)14(24-25)12-7-18(21,22)8-12/h10-12H,2-9H2,1H3,(H,23,26). The van der Waals surface area contributed by atoms with Gasteiger partial charge in [0.05, 0.1) is 12.3 Å². The number of hydrogen-bond donors (Lipinski definition) is 1. The summed E-state index contributed by atoms with van der Waals surface area (Å²) in [5.74, 6) is -5.25. The van der Waals surface area contributed by atoms with Crippen molar-refractivity contribution in [2.45, 2.75) is 68.6 Å². The molecule has 150 valence electrons.